The van der Waals surface area contributed by atoms with Crippen molar-refractivity contribution in [1.29, 1.82) is 0 Å². The van der Waals surface area contributed by atoms with Gasteiger partial charge in [0.2, 0.25) is 0 Å². The Morgan fingerprint density at radius 3 is 2.31 bits per heavy atom. The summed E-state index contributed by atoms with van der Waals surface area (Å²) in [6.07, 6.45) is 3.41. The molecule has 4 aromatic carbocycles. The third-order valence-corrected chi connectivity index (χ3v) is 5.22. The average molecular weight is 416 g/mol. The van der Waals surface area contributed by atoms with E-state index in [1.54, 1.807) is 17.1 Å². The number of carbonyl (C=O) groups is 1. The Hall–Kier alpha value is -4.51. The zero-order valence-electron chi connectivity index (χ0n) is 17.2. The van der Waals surface area contributed by atoms with E-state index in [1.807, 2.05) is 91.0 Å². The van der Waals surface area contributed by atoms with Gasteiger partial charge in [0.25, 0.3) is 5.91 Å². The van der Waals surface area contributed by atoms with Gasteiger partial charge in [-0.2, -0.15) is 10.2 Å². The molecule has 5 aromatic rings. The summed E-state index contributed by atoms with van der Waals surface area (Å²) in [5.74, 6) is -0.317. The van der Waals surface area contributed by atoms with E-state index in [0.29, 0.717) is 11.3 Å². The molecule has 0 fully saturated rings. The number of nitrogens with zero attached hydrogens (tertiary/aromatic N) is 3. The second-order valence-electron chi connectivity index (χ2n) is 7.31. The monoisotopic (exact) mass is 416 g/mol. The quantitative estimate of drug-likeness (QED) is 0.306. The lowest BCUT2D eigenvalue weighted by molar-refractivity contribution is 0.0955. The van der Waals surface area contributed by atoms with Crippen LogP contribution in [-0.4, -0.2) is 21.9 Å². The summed E-state index contributed by atoms with van der Waals surface area (Å²) < 4.78 is 1.71. The zero-order valence-corrected chi connectivity index (χ0v) is 17.2. The fourth-order valence-corrected chi connectivity index (χ4v) is 3.65. The van der Waals surface area contributed by atoms with Gasteiger partial charge in [0, 0.05) is 17.3 Å². The molecule has 0 saturated carbocycles. The van der Waals surface area contributed by atoms with Crippen LogP contribution in [0.5, 0.6) is 0 Å². The Morgan fingerprint density at radius 2 is 1.50 bits per heavy atom. The van der Waals surface area contributed by atoms with Crippen molar-refractivity contribution in [3.63, 3.8) is 0 Å². The molecule has 1 heterocycles. The number of hydrazone groups is 1. The summed E-state index contributed by atoms with van der Waals surface area (Å²) >= 11 is 0. The second-order valence-corrected chi connectivity index (χ2v) is 7.31. The summed E-state index contributed by atoms with van der Waals surface area (Å²) in [7, 11) is 0. The highest BCUT2D eigenvalue weighted by Crippen LogP contribution is 2.23. The van der Waals surface area contributed by atoms with Gasteiger partial charge in [0.15, 0.2) is 0 Å². The summed E-state index contributed by atoms with van der Waals surface area (Å²) in [5, 5.41) is 11.1. The van der Waals surface area contributed by atoms with Crippen molar-refractivity contribution >= 4 is 22.9 Å². The maximum absolute atomic E-state index is 13.1. The lowest BCUT2D eigenvalue weighted by Crippen LogP contribution is -2.18. The van der Waals surface area contributed by atoms with Crippen LogP contribution in [-0.2, 0) is 0 Å². The number of aromatic nitrogens is 2. The van der Waals surface area contributed by atoms with Gasteiger partial charge in [0.05, 0.1) is 17.5 Å². The van der Waals surface area contributed by atoms with Crippen LogP contribution in [0.25, 0.3) is 27.7 Å². The van der Waals surface area contributed by atoms with Gasteiger partial charge in [-0.3, -0.25) is 4.79 Å². The number of hydrogen-bond acceptors (Lipinski definition) is 3. The normalized spacial score (nSPS) is 11.1. The summed E-state index contributed by atoms with van der Waals surface area (Å²) in [5.41, 5.74) is 6.40. The van der Waals surface area contributed by atoms with Gasteiger partial charge in [-0.15, -0.1) is 0 Å². The van der Waals surface area contributed by atoms with Gasteiger partial charge in [-0.1, -0.05) is 91.0 Å². The molecule has 5 rings (SSSR count). The van der Waals surface area contributed by atoms with Gasteiger partial charge in [0.1, 0.15) is 5.69 Å². The Bertz CT molecular complexity index is 1400. The lowest BCUT2D eigenvalue weighted by atomic mass is 10.1. The molecule has 32 heavy (non-hydrogen) atoms. The molecule has 154 valence electrons. The van der Waals surface area contributed by atoms with Crippen LogP contribution in [0.3, 0.4) is 0 Å². The maximum atomic E-state index is 13.1. The van der Waals surface area contributed by atoms with E-state index in [1.165, 1.54) is 0 Å². The molecule has 0 radical (unpaired) electrons. The molecule has 0 aliphatic rings. The number of rotatable bonds is 5. The first kappa shape index (κ1) is 19.5. The van der Waals surface area contributed by atoms with Crippen molar-refractivity contribution in [1.82, 2.24) is 15.2 Å². The van der Waals surface area contributed by atoms with Gasteiger partial charge >= 0.3 is 0 Å². The van der Waals surface area contributed by atoms with Crippen molar-refractivity contribution in [2.45, 2.75) is 0 Å². The van der Waals surface area contributed by atoms with Gasteiger partial charge < -0.3 is 0 Å². The Kier molecular flexibility index (Phi) is 5.29. The smallest absolute Gasteiger partial charge is 0.267 e. The SMILES string of the molecule is O=C(N/N=C\c1cccc2ccccc12)c1cn(-c2ccccc2)nc1-c1ccccc1. The molecule has 1 amide bonds. The third kappa shape index (κ3) is 3.91. The van der Waals surface area contributed by atoms with Crippen LogP contribution < -0.4 is 5.43 Å². The summed E-state index contributed by atoms with van der Waals surface area (Å²) in [6.45, 7) is 0. The van der Waals surface area contributed by atoms with E-state index >= 15 is 0 Å². The molecule has 5 heteroatoms. The minimum absolute atomic E-state index is 0.317. The fraction of sp³-hybridized carbons (Fsp3) is 0. The van der Waals surface area contributed by atoms with E-state index in [4.69, 9.17) is 0 Å². The van der Waals surface area contributed by atoms with Crippen molar-refractivity contribution in [3.05, 3.63) is 120 Å². The molecular formula is C27H20N4O. The zero-order chi connectivity index (χ0) is 21.8. The Morgan fingerprint density at radius 1 is 0.812 bits per heavy atom. The number of nitrogens with one attached hydrogen (secondary N) is 1. The predicted molar refractivity (Wildman–Crippen MR) is 128 cm³/mol. The van der Waals surface area contributed by atoms with E-state index < -0.39 is 0 Å². The highest BCUT2D eigenvalue weighted by atomic mass is 16.2. The summed E-state index contributed by atoms with van der Waals surface area (Å²) in [6, 6.07) is 33.5. The molecule has 0 atom stereocenters. The van der Waals surface area contributed by atoms with E-state index in [-0.39, 0.29) is 5.91 Å². The molecule has 5 nitrogen and oxygen atoms in total. The molecule has 0 saturated heterocycles. The molecule has 1 N–H and O–H groups in total. The highest BCUT2D eigenvalue weighted by molar-refractivity contribution is 6.02. The van der Waals surface area contributed by atoms with Crippen LogP contribution in [0.1, 0.15) is 15.9 Å². The van der Waals surface area contributed by atoms with Crippen molar-refractivity contribution in [3.8, 4) is 16.9 Å². The first-order chi connectivity index (χ1) is 15.8. The van der Waals surface area contributed by atoms with Gasteiger partial charge in [-0.05, 0) is 22.9 Å². The Labute approximate surface area is 185 Å². The number of amides is 1. The first-order valence-electron chi connectivity index (χ1n) is 10.3. The van der Waals surface area contributed by atoms with Gasteiger partial charge in [-0.25, -0.2) is 10.1 Å². The second kappa shape index (κ2) is 8.70. The van der Waals surface area contributed by atoms with Crippen LogP contribution in [0.2, 0.25) is 0 Å². The highest BCUT2D eigenvalue weighted by Gasteiger charge is 2.18. The minimum Gasteiger partial charge on any atom is -0.267 e. The number of hydrogen-bond donors (Lipinski definition) is 1. The van der Waals surface area contributed by atoms with E-state index in [2.05, 4.69) is 27.8 Å². The fourth-order valence-electron chi connectivity index (χ4n) is 3.65. The summed E-state index contributed by atoms with van der Waals surface area (Å²) in [4.78, 5) is 13.1. The van der Waals surface area contributed by atoms with Crippen LogP contribution >= 0.6 is 0 Å². The number of para-hydroxylation sites is 1. The number of carbonyl (C=O) groups excluding carboxylic acids is 1. The average Bonchev–Trinajstić information content (AvgIpc) is 3.31. The van der Waals surface area contributed by atoms with E-state index in [9.17, 15) is 4.79 Å². The Balaban J connectivity index is 1.46. The predicted octanol–water partition coefficient (Wildman–Crippen LogP) is 5.46. The third-order valence-electron chi connectivity index (χ3n) is 5.22. The topological polar surface area (TPSA) is 59.3 Å². The molecular weight excluding hydrogens is 396 g/mol. The van der Waals surface area contributed by atoms with Crippen molar-refractivity contribution in [2.75, 3.05) is 0 Å². The van der Waals surface area contributed by atoms with Crippen LogP contribution in [0.15, 0.2) is 114 Å². The van der Waals surface area contributed by atoms with Crippen molar-refractivity contribution in [2.24, 2.45) is 5.10 Å². The van der Waals surface area contributed by atoms with Crippen LogP contribution in [0.4, 0.5) is 0 Å². The molecule has 0 aliphatic carbocycles. The molecule has 0 bridgehead atoms. The maximum Gasteiger partial charge on any atom is 0.275 e. The standard InChI is InChI=1S/C27H20N4O/c32-27(29-28-18-22-14-9-13-20-10-7-8-17-24(20)22)25-19-31(23-15-5-2-6-16-23)30-26(25)21-11-3-1-4-12-21/h1-19H,(H,29,32)/b28-18-. The van der Waals surface area contributed by atoms with Crippen molar-refractivity contribution < 1.29 is 4.79 Å². The van der Waals surface area contributed by atoms with E-state index in [0.717, 1.165) is 27.6 Å². The molecule has 0 spiro atoms. The first-order valence-corrected chi connectivity index (χ1v) is 10.3. The molecule has 0 unspecified atom stereocenters. The largest absolute Gasteiger partial charge is 0.275 e. The van der Waals surface area contributed by atoms with Crippen LogP contribution in [0, 0.1) is 0 Å². The number of benzene rings is 4. The lowest BCUT2D eigenvalue weighted by Gasteiger charge is -2.03. The number of fused-ring (bicyclic) bond motifs is 1. The molecule has 1 aromatic heterocycles. The molecule has 0 aliphatic heterocycles. The minimum atomic E-state index is -0.317.